The van der Waals surface area contributed by atoms with E-state index in [9.17, 15) is 0 Å². The average Bonchev–Trinajstić information content (AvgIpc) is 2.18. The molecule has 0 saturated heterocycles. The fourth-order valence-corrected chi connectivity index (χ4v) is 2.21. The van der Waals surface area contributed by atoms with Crippen molar-refractivity contribution in [1.82, 2.24) is 0 Å². The van der Waals surface area contributed by atoms with Gasteiger partial charge in [-0.05, 0) is 43.9 Å². The fourth-order valence-electron chi connectivity index (χ4n) is 2.04. The van der Waals surface area contributed by atoms with E-state index in [4.69, 9.17) is 16.9 Å². The Balaban J connectivity index is 2.11. The molecule has 0 radical (unpaired) electrons. The molecule has 1 N–H and O–H groups in total. The van der Waals surface area contributed by atoms with E-state index in [-0.39, 0.29) is 0 Å². The van der Waals surface area contributed by atoms with Gasteiger partial charge in [-0.1, -0.05) is 18.0 Å². The maximum atomic E-state index is 9.02. The quantitative estimate of drug-likeness (QED) is 0.863. The Morgan fingerprint density at radius 2 is 2.25 bits per heavy atom. The van der Waals surface area contributed by atoms with E-state index in [1.807, 2.05) is 12.1 Å². The predicted octanol–water partition coefficient (Wildman–Crippen LogP) is 3.81. The van der Waals surface area contributed by atoms with Crippen molar-refractivity contribution in [3.05, 3.63) is 28.8 Å². The van der Waals surface area contributed by atoms with Crippen molar-refractivity contribution in [3.8, 4) is 6.07 Å². The topological polar surface area (TPSA) is 35.8 Å². The molecule has 0 aromatic heterocycles. The summed E-state index contributed by atoms with van der Waals surface area (Å²) in [5.74, 6) is 0.752. The zero-order valence-electron chi connectivity index (χ0n) is 9.33. The number of rotatable bonds is 3. The number of nitrogens with zero attached hydrogens (tertiary/aromatic N) is 1. The normalized spacial score (nSPS) is 17.3. The van der Waals surface area contributed by atoms with Gasteiger partial charge in [0.1, 0.15) is 6.07 Å². The van der Waals surface area contributed by atoms with Crippen LogP contribution in [-0.4, -0.2) is 6.04 Å². The molecule has 1 aromatic carbocycles. The Morgan fingerprint density at radius 1 is 1.50 bits per heavy atom. The van der Waals surface area contributed by atoms with Gasteiger partial charge in [0.15, 0.2) is 0 Å². The van der Waals surface area contributed by atoms with E-state index in [2.05, 4.69) is 18.3 Å². The molecule has 0 heterocycles. The third-order valence-electron chi connectivity index (χ3n) is 3.34. The van der Waals surface area contributed by atoms with Gasteiger partial charge in [-0.3, -0.25) is 0 Å². The third-order valence-corrected chi connectivity index (χ3v) is 3.58. The molecule has 1 aliphatic carbocycles. The second-order valence-electron chi connectivity index (χ2n) is 4.43. The van der Waals surface area contributed by atoms with Crippen molar-refractivity contribution in [2.75, 3.05) is 5.32 Å². The van der Waals surface area contributed by atoms with Gasteiger partial charge >= 0.3 is 0 Å². The highest BCUT2D eigenvalue weighted by Gasteiger charge is 2.24. The van der Waals surface area contributed by atoms with Crippen LogP contribution in [0, 0.1) is 17.2 Å². The highest BCUT2D eigenvalue weighted by Crippen LogP contribution is 2.31. The number of halogens is 1. The van der Waals surface area contributed by atoms with Gasteiger partial charge in [0.05, 0.1) is 11.3 Å². The summed E-state index contributed by atoms with van der Waals surface area (Å²) in [6, 6.07) is 8.01. The van der Waals surface area contributed by atoms with Crippen LogP contribution in [-0.2, 0) is 0 Å². The highest BCUT2D eigenvalue weighted by atomic mass is 35.5. The summed E-state index contributed by atoms with van der Waals surface area (Å²) < 4.78 is 0. The second-order valence-corrected chi connectivity index (χ2v) is 4.86. The van der Waals surface area contributed by atoms with Crippen molar-refractivity contribution in [2.24, 2.45) is 5.92 Å². The number of anilines is 1. The van der Waals surface area contributed by atoms with Crippen LogP contribution >= 0.6 is 11.6 Å². The summed E-state index contributed by atoms with van der Waals surface area (Å²) in [7, 11) is 0. The third kappa shape index (κ3) is 2.31. The highest BCUT2D eigenvalue weighted by molar-refractivity contribution is 6.30. The molecule has 1 saturated carbocycles. The van der Waals surface area contributed by atoms with Crippen LogP contribution in [0.1, 0.15) is 31.7 Å². The van der Waals surface area contributed by atoms with Gasteiger partial charge in [-0.25, -0.2) is 0 Å². The van der Waals surface area contributed by atoms with Crippen molar-refractivity contribution in [1.29, 1.82) is 5.26 Å². The first kappa shape index (κ1) is 11.3. The monoisotopic (exact) mass is 234 g/mol. The Morgan fingerprint density at radius 3 is 2.81 bits per heavy atom. The van der Waals surface area contributed by atoms with Crippen LogP contribution in [0.25, 0.3) is 0 Å². The van der Waals surface area contributed by atoms with Gasteiger partial charge in [-0.2, -0.15) is 5.26 Å². The summed E-state index contributed by atoms with van der Waals surface area (Å²) in [4.78, 5) is 0. The van der Waals surface area contributed by atoms with Gasteiger partial charge < -0.3 is 5.32 Å². The van der Waals surface area contributed by atoms with E-state index in [0.717, 1.165) is 11.6 Å². The first-order chi connectivity index (χ1) is 7.70. The lowest BCUT2D eigenvalue weighted by molar-refractivity contribution is 0.285. The lowest BCUT2D eigenvalue weighted by atomic mass is 9.80. The zero-order valence-corrected chi connectivity index (χ0v) is 10.1. The smallest absolute Gasteiger partial charge is 0.101 e. The molecule has 1 aliphatic rings. The van der Waals surface area contributed by atoms with Crippen LogP contribution < -0.4 is 5.32 Å². The van der Waals surface area contributed by atoms with Gasteiger partial charge in [0.2, 0.25) is 0 Å². The predicted molar refractivity (Wildman–Crippen MR) is 66.6 cm³/mol. The molecule has 16 heavy (non-hydrogen) atoms. The molecule has 0 aliphatic heterocycles. The summed E-state index contributed by atoms with van der Waals surface area (Å²) in [5, 5.41) is 13.0. The largest absolute Gasteiger partial charge is 0.381 e. The minimum Gasteiger partial charge on any atom is -0.381 e. The molecule has 2 nitrogen and oxygen atoms in total. The van der Waals surface area contributed by atoms with E-state index >= 15 is 0 Å². The van der Waals surface area contributed by atoms with E-state index in [1.165, 1.54) is 19.3 Å². The molecule has 1 unspecified atom stereocenters. The van der Waals surface area contributed by atoms with E-state index in [0.29, 0.717) is 16.6 Å². The first-order valence-corrected chi connectivity index (χ1v) is 6.04. The SMILES string of the molecule is CC(Nc1ccc(Cl)cc1C#N)C1CCC1. The molecular weight excluding hydrogens is 220 g/mol. The Bertz CT molecular complexity index is 418. The molecule has 0 bridgehead atoms. The first-order valence-electron chi connectivity index (χ1n) is 5.67. The molecule has 1 atom stereocenters. The number of nitriles is 1. The van der Waals surface area contributed by atoms with Crippen LogP contribution in [0.5, 0.6) is 0 Å². The average molecular weight is 235 g/mol. The number of nitrogens with one attached hydrogen (secondary N) is 1. The Kier molecular flexibility index (Phi) is 3.36. The zero-order chi connectivity index (χ0) is 11.5. The van der Waals surface area contributed by atoms with Crippen LogP contribution in [0.4, 0.5) is 5.69 Å². The van der Waals surface area contributed by atoms with Gasteiger partial charge in [0, 0.05) is 11.1 Å². The van der Waals surface area contributed by atoms with Crippen LogP contribution in [0.2, 0.25) is 5.02 Å². The van der Waals surface area contributed by atoms with E-state index < -0.39 is 0 Å². The summed E-state index contributed by atoms with van der Waals surface area (Å²) in [6.45, 7) is 2.18. The maximum Gasteiger partial charge on any atom is 0.101 e. The van der Waals surface area contributed by atoms with Gasteiger partial charge in [-0.15, -0.1) is 0 Å². The minimum atomic E-state index is 0.432. The molecule has 1 aromatic rings. The Labute approximate surface area is 101 Å². The van der Waals surface area contributed by atoms with E-state index in [1.54, 1.807) is 6.07 Å². The Hall–Kier alpha value is -1.20. The lowest BCUT2D eigenvalue weighted by Gasteiger charge is -2.32. The van der Waals surface area contributed by atoms with Gasteiger partial charge in [0.25, 0.3) is 0 Å². The molecule has 84 valence electrons. The number of hydrogen-bond acceptors (Lipinski definition) is 2. The summed E-state index contributed by atoms with van der Waals surface area (Å²) >= 11 is 5.85. The van der Waals surface area contributed by atoms with Crippen molar-refractivity contribution < 1.29 is 0 Å². The molecule has 0 amide bonds. The molecule has 3 heteroatoms. The molecular formula is C13H15ClN2. The van der Waals surface area contributed by atoms with Crippen LogP contribution in [0.15, 0.2) is 18.2 Å². The van der Waals surface area contributed by atoms with Crippen molar-refractivity contribution in [3.63, 3.8) is 0 Å². The summed E-state index contributed by atoms with van der Waals surface area (Å²) in [5.41, 5.74) is 1.52. The molecule has 1 fully saturated rings. The lowest BCUT2D eigenvalue weighted by Crippen LogP contribution is -2.31. The van der Waals surface area contributed by atoms with Crippen molar-refractivity contribution >= 4 is 17.3 Å². The molecule has 0 spiro atoms. The molecule has 2 rings (SSSR count). The minimum absolute atomic E-state index is 0.432. The second kappa shape index (κ2) is 4.76. The summed E-state index contributed by atoms with van der Waals surface area (Å²) in [6.07, 6.45) is 3.93. The standard InChI is InChI=1S/C13H15ClN2/c1-9(10-3-2-4-10)16-13-6-5-12(14)7-11(13)8-15/h5-7,9-10,16H,2-4H2,1H3. The number of benzene rings is 1. The number of hydrogen-bond donors (Lipinski definition) is 1. The maximum absolute atomic E-state index is 9.02. The fraction of sp³-hybridized carbons (Fsp3) is 0.462. The van der Waals surface area contributed by atoms with Crippen molar-refractivity contribution in [2.45, 2.75) is 32.2 Å². The van der Waals surface area contributed by atoms with Crippen LogP contribution in [0.3, 0.4) is 0 Å².